The van der Waals surface area contributed by atoms with E-state index in [1.807, 2.05) is 54.6 Å². The molecule has 0 atom stereocenters. The molecule has 20 heavy (non-hydrogen) atoms. The normalized spacial score (nSPS) is 15.9. The van der Waals surface area contributed by atoms with E-state index in [0.717, 1.165) is 36.1 Å². The minimum absolute atomic E-state index is 0.272. The number of hydrogen-bond acceptors (Lipinski definition) is 2. The highest BCUT2D eigenvalue weighted by Crippen LogP contribution is 2.43. The predicted molar refractivity (Wildman–Crippen MR) is 78.4 cm³/mol. The van der Waals surface area contributed by atoms with Gasteiger partial charge in [0.2, 0.25) is 0 Å². The van der Waals surface area contributed by atoms with Gasteiger partial charge >= 0.3 is 0 Å². The fourth-order valence-corrected chi connectivity index (χ4v) is 2.62. The van der Waals surface area contributed by atoms with Crippen LogP contribution in [0.2, 0.25) is 0 Å². The van der Waals surface area contributed by atoms with E-state index < -0.39 is 0 Å². The fourth-order valence-electron chi connectivity index (χ4n) is 2.62. The molecule has 0 unspecified atom stereocenters. The zero-order valence-corrected chi connectivity index (χ0v) is 11.4. The van der Waals surface area contributed by atoms with Gasteiger partial charge in [0.05, 0.1) is 11.5 Å². The average molecular weight is 263 g/mol. The lowest BCUT2D eigenvalue weighted by Gasteiger charge is -2.35. The molecule has 100 valence electrons. The molecule has 2 heteroatoms. The van der Waals surface area contributed by atoms with Crippen molar-refractivity contribution >= 4 is 0 Å². The Morgan fingerprint density at radius 2 is 1.85 bits per heavy atom. The Balaban J connectivity index is 1.74. The lowest BCUT2D eigenvalue weighted by Crippen LogP contribution is -2.32. The Hall–Kier alpha value is -2.27. The predicted octanol–water partition coefficient (Wildman–Crippen LogP) is 4.21. The lowest BCUT2D eigenvalue weighted by molar-refractivity contribution is 0.299. The molecule has 0 radical (unpaired) electrons. The summed E-state index contributed by atoms with van der Waals surface area (Å²) in [5.41, 5.74) is 1.97. The lowest BCUT2D eigenvalue weighted by atomic mass is 9.65. The molecule has 0 aliphatic heterocycles. The molecule has 0 N–H and O–H groups in total. The highest BCUT2D eigenvalue weighted by atomic mass is 16.5. The van der Waals surface area contributed by atoms with Crippen LogP contribution in [0.15, 0.2) is 54.6 Å². The number of nitrogens with zero attached hydrogens (tertiary/aromatic N) is 1. The molecule has 1 saturated carbocycles. The summed E-state index contributed by atoms with van der Waals surface area (Å²) in [5, 5.41) is 9.40. The number of benzene rings is 2. The molecule has 1 aliphatic rings. The maximum atomic E-state index is 9.40. The van der Waals surface area contributed by atoms with Gasteiger partial charge in [0.25, 0.3) is 0 Å². The first kappa shape index (κ1) is 12.7. The van der Waals surface area contributed by atoms with E-state index in [2.05, 4.69) is 6.07 Å². The van der Waals surface area contributed by atoms with Crippen LogP contribution >= 0.6 is 0 Å². The van der Waals surface area contributed by atoms with Gasteiger partial charge in [-0.15, -0.1) is 0 Å². The minimum atomic E-state index is -0.272. The second kappa shape index (κ2) is 5.38. The smallest absolute Gasteiger partial charge is 0.120 e. The van der Waals surface area contributed by atoms with Crippen molar-refractivity contribution in [3.63, 3.8) is 0 Å². The van der Waals surface area contributed by atoms with Crippen molar-refractivity contribution in [2.45, 2.75) is 31.3 Å². The largest absolute Gasteiger partial charge is 0.489 e. The first-order chi connectivity index (χ1) is 9.82. The second-order valence-electron chi connectivity index (χ2n) is 5.35. The van der Waals surface area contributed by atoms with Crippen molar-refractivity contribution in [3.8, 4) is 11.8 Å². The van der Waals surface area contributed by atoms with Crippen LogP contribution in [-0.2, 0) is 12.0 Å². The quantitative estimate of drug-likeness (QED) is 0.827. The maximum absolute atomic E-state index is 9.40. The van der Waals surface area contributed by atoms with Gasteiger partial charge in [-0.1, -0.05) is 42.5 Å². The molecular weight excluding hydrogens is 246 g/mol. The topological polar surface area (TPSA) is 33.0 Å². The zero-order chi connectivity index (χ0) is 13.8. The van der Waals surface area contributed by atoms with E-state index in [0.29, 0.717) is 6.61 Å². The third-order valence-electron chi connectivity index (χ3n) is 4.06. The molecule has 1 aliphatic carbocycles. The standard InChI is InChI=1S/C18H17NO/c19-14-18(10-5-11-18)16-8-4-9-17(12-16)20-13-15-6-2-1-3-7-15/h1-4,6-9,12H,5,10-11,13H2. The SMILES string of the molecule is N#CC1(c2cccc(OCc3ccccc3)c2)CCC1. The van der Waals surface area contributed by atoms with Gasteiger partial charge in [-0.05, 0) is 42.5 Å². The molecule has 3 rings (SSSR count). The van der Waals surface area contributed by atoms with E-state index in [-0.39, 0.29) is 5.41 Å². The summed E-state index contributed by atoms with van der Waals surface area (Å²) < 4.78 is 5.83. The average Bonchev–Trinajstić information content (AvgIpc) is 2.46. The van der Waals surface area contributed by atoms with Crippen LogP contribution in [0, 0.1) is 11.3 Å². The van der Waals surface area contributed by atoms with Gasteiger partial charge in [0.1, 0.15) is 12.4 Å². The molecule has 2 aromatic carbocycles. The van der Waals surface area contributed by atoms with Crippen LogP contribution in [0.4, 0.5) is 0 Å². The Bertz CT molecular complexity index is 623. The summed E-state index contributed by atoms with van der Waals surface area (Å²) in [5.74, 6) is 0.841. The molecule has 0 spiro atoms. The Morgan fingerprint density at radius 3 is 2.50 bits per heavy atom. The van der Waals surface area contributed by atoms with Crippen LogP contribution in [0.1, 0.15) is 30.4 Å². The maximum Gasteiger partial charge on any atom is 0.120 e. The molecule has 2 aromatic rings. The fraction of sp³-hybridized carbons (Fsp3) is 0.278. The number of rotatable bonds is 4. The molecule has 0 bridgehead atoms. The van der Waals surface area contributed by atoms with E-state index in [1.165, 1.54) is 0 Å². The summed E-state index contributed by atoms with van der Waals surface area (Å²) in [7, 11) is 0. The van der Waals surface area contributed by atoms with E-state index in [9.17, 15) is 5.26 Å². The number of ether oxygens (including phenoxy) is 1. The van der Waals surface area contributed by atoms with Crippen molar-refractivity contribution in [2.24, 2.45) is 0 Å². The van der Waals surface area contributed by atoms with Crippen LogP contribution in [0.3, 0.4) is 0 Å². The molecule has 2 nitrogen and oxygen atoms in total. The van der Waals surface area contributed by atoms with Gasteiger partial charge in [-0.2, -0.15) is 5.26 Å². The number of nitriles is 1. The van der Waals surface area contributed by atoms with Gasteiger partial charge in [-0.25, -0.2) is 0 Å². The second-order valence-corrected chi connectivity index (χ2v) is 5.35. The van der Waals surface area contributed by atoms with Crippen LogP contribution in [-0.4, -0.2) is 0 Å². The highest BCUT2D eigenvalue weighted by Gasteiger charge is 2.39. The van der Waals surface area contributed by atoms with Crippen molar-refractivity contribution < 1.29 is 4.74 Å². The summed E-state index contributed by atoms with van der Waals surface area (Å²) >= 11 is 0. The van der Waals surface area contributed by atoms with Crippen molar-refractivity contribution in [2.75, 3.05) is 0 Å². The summed E-state index contributed by atoms with van der Waals surface area (Å²) in [6.07, 6.45) is 3.07. The first-order valence-electron chi connectivity index (χ1n) is 7.01. The van der Waals surface area contributed by atoms with Crippen LogP contribution in [0.25, 0.3) is 0 Å². The van der Waals surface area contributed by atoms with Gasteiger partial charge in [-0.3, -0.25) is 0 Å². The minimum Gasteiger partial charge on any atom is -0.489 e. The third kappa shape index (κ3) is 2.40. The summed E-state index contributed by atoms with van der Waals surface area (Å²) in [6.45, 7) is 0.559. The van der Waals surface area contributed by atoms with Gasteiger partial charge in [0.15, 0.2) is 0 Å². The highest BCUT2D eigenvalue weighted by molar-refractivity contribution is 5.40. The molecule has 0 amide bonds. The molecular formula is C18H17NO. The molecule has 0 saturated heterocycles. The van der Waals surface area contributed by atoms with Gasteiger partial charge in [0, 0.05) is 0 Å². The van der Waals surface area contributed by atoms with E-state index in [1.54, 1.807) is 0 Å². The zero-order valence-electron chi connectivity index (χ0n) is 11.4. The van der Waals surface area contributed by atoms with Crippen molar-refractivity contribution in [1.82, 2.24) is 0 Å². The van der Waals surface area contributed by atoms with Gasteiger partial charge < -0.3 is 4.74 Å². The van der Waals surface area contributed by atoms with Crippen molar-refractivity contribution in [1.29, 1.82) is 5.26 Å². The molecule has 0 aromatic heterocycles. The summed E-state index contributed by atoms with van der Waals surface area (Å²) in [6, 6.07) is 20.6. The third-order valence-corrected chi connectivity index (χ3v) is 4.06. The van der Waals surface area contributed by atoms with E-state index >= 15 is 0 Å². The molecule has 0 heterocycles. The summed E-state index contributed by atoms with van der Waals surface area (Å²) in [4.78, 5) is 0. The van der Waals surface area contributed by atoms with Crippen LogP contribution in [0.5, 0.6) is 5.75 Å². The Kier molecular flexibility index (Phi) is 3.43. The Morgan fingerprint density at radius 1 is 1.05 bits per heavy atom. The first-order valence-corrected chi connectivity index (χ1v) is 7.01. The number of hydrogen-bond donors (Lipinski definition) is 0. The Labute approximate surface area is 119 Å². The molecule has 1 fully saturated rings. The van der Waals surface area contributed by atoms with Crippen LogP contribution < -0.4 is 4.74 Å². The van der Waals surface area contributed by atoms with Crippen molar-refractivity contribution in [3.05, 3.63) is 65.7 Å². The van der Waals surface area contributed by atoms with E-state index in [4.69, 9.17) is 4.74 Å². The monoisotopic (exact) mass is 263 g/mol.